The maximum Gasteiger partial charge on any atom is 0.123 e. The van der Waals surface area contributed by atoms with E-state index < -0.39 is 0 Å². The van der Waals surface area contributed by atoms with Crippen molar-refractivity contribution in [2.45, 2.75) is 25.8 Å². The summed E-state index contributed by atoms with van der Waals surface area (Å²) < 4.78 is 18.0. The van der Waals surface area contributed by atoms with Crippen LogP contribution in [0, 0.1) is 5.82 Å². The first kappa shape index (κ1) is 11.0. The molecule has 2 N–H and O–H groups in total. The Kier molecular flexibility index (Phi) is 3.89. The molecule has 1 unspecified atom stereocenters. The first-order chi connectivity index (χ1) is 6.63. The lowest BCUT2D eigenvalue weighted by molar-refractivity contribution is 0.407. The van der Waals surface area contributed by atoms with Gasteiger partial charge in [-0.15, -0.1) is 0 Å². The third-order valence-electron chi connectivity index (χ3n) is 2.11. The van der Waals surface area contributed by atoms with Gasteiger partial charge < -0.3 is 10.5 Å². The Balaban J connectivity index is 2.77. The molecule has 0 saturated heterocycles. The fourth-order valence-corrected chi connectivity index (χ4v) is 1.33. The van der Waals surface area contributed by atoms with Crippen LogP contribution in [0.4, 0.5) is 4.39 Å². The lowest BCUT2D eigenvalue weighted by atomic mass is 10.1. The largest absolute Gasteiger partial charge is 0.496 e. The summed E-state index contributed by atoms with van der Waals surface area (Å²) in [6.45, 7) is 1.94. The van der Waals surface area contributed by atoms with Crippen LogP contribution in [0.5, 0.6) is 5.75 Å². The average Bonchev–Trinajstić information content (AvgIpc) is 2.15. The zero-order chi connectivity index (χ0) is 10.6. The topological polar surface area (TPSA) is 35.2 Å². The van der Waals surface area contributed by atoms with Crippen molar-refractivity contribution in [1.29, 1.82) is 0 Å². The molecule has 1 atom stereocenters. The lowest BCUT2D eigenvalue weighted by Crippen LogP contribution is -2.15. The van der Waals surface area contributed by atoms with Crippen molar-refractivity contribution < 1.29 is 9.13 Å². The van der Waals surface area contributed by atoms with Crippen LogP contribution in [-0.4, -0.2) is 13.2 Å². The highest BCUT2D eigenvalue weighted by molar-refractivity contribution is 5.34. The van der Waals surface area contributed by atoms with Gasteiger partial charge in [0.1, 0.15) is 11.6 Å². The predicted octanol–water partition coefficient (Wildman–Crippen LogP) is 2.11. The van der Waals surface area contributed by atoms with Gasteiger partial charge in [-0.1, -0.05) is 0 Å². The van der Waals surface area contributed by atoms with Crippen LogP contribution >= 0.6 is 0 Å². The summed E-state index contributed by atoms with van der Waals surface area (Å²) in [6, 6.07) is 4.67. The quantitative estimate of drug-likeness (QED) is 0.802. The maximum absolute atomic E-state index is 12.9. The molecule has 0 radical (unpaired) electrons. The van der Waals surface area contributed by atoms with Gasteiger partial charge in [0.25, 0.3) is 0 Å². The van der Waals surface area contributed by atoms with Crippen molar-refractivity contribution in [3.63, 3.8) is 0 Å². The van der Waals surface area contributed by atoms with Crippen molar-refractivity contribution in [3.8, 4) is 5.75 Å². The van der Waals surface area contributed by atoms with Crippen LogP contribution in [0.1, 0.15) is 18.9 Å². The van der Waals surface area contributed by atoms with Crippen molar-refractivity contribution in [2.75, 3.05) is 7.11 Å². The van der Waals surface area contributed by atoms with E-state index in [0.29, 0.717) is 0 Å². The molecule has 0 aromatic heterocycles. The zero-order valence-electron chi connectivity index (χ0n) is 8.59. The lowest BCUT2D eigenvalue weighted by Gasteiger charge is -2.09. The molecule has 0 saturated carbocycles. The molecule has 0 heterocycles. The predicted molar refractivity (Wildman–Crippen MR) is 54.9 cm³/mol. The Labute approximate surface area is 83.9 Å². The van der Waals surface area contributed by atoms with Gasteiger partial charge in [-0.2, -0.15) is 0 Å². The molecule has 0 aliphatic rings. The Morgan fingerprint density at radius 1 is 1.50 bits per heavy atom. The van der Waals surface area contributed by atoms with Crippen LogP contribution in [0.15, 0.2) is 18.2 Å². The normalized spacial score (nSPS) is 12.6. The van der Waals surface area contributed by atoms with Crippen LogP contribution in [0.3, 0.4) is 0 Å². The number of nitrogens with two attached hydrogens (primary N) is 1. The van der Waals surface area contributed by atoms with Gasteiger partial charge in [0, 0.05) is 6.04 Å². The van der Waals surface area contributed by atoms with Gasteiger partial charge in [0.05, 0.1) is 7.11 Å². The zero-order valence-corrected chi connectivity index (χ0v) is 8.59. The number of aryl methyl sites for hydroxylation is 1. The molecule has 14 heavy (non-hydrogen) atoms. The van der Waals surface area contributed by atoms with Gasteiger partial charge >= 0.3 is 0 Å². The summed E-state index contributed by atoms with van der Waals surface area (Å²) in [5.41, 5.74) is 6.51. The third-order valence-corrected chi connectivity index (χ3v) is 2.11. The van der Waals surface area contributed by atoms with Gasteiger partial charge in [0.15, 0.2) is 0 Å². The summed E-state index contributed by atoms with van der Waals surface area (Å²) in [5.74, 6) is 0.498. The van der Waals surface area contributed by atoms with E-state index >= 15 is 0 Å². The van der Waals surface area contributed by atoms with Gasteiger partial charge in [-0.3, -0.25) is 0 Å². The van der Waals surface area contributed by atoms with E-state index in [1.807, 2.05) is 6.92 Å². The van der Waals surface area contributed by atoms with E-state index in [9.17, 15) is 4.39 Å². The number of hydrogen-bond acceptors (Lipinski definition) is 2. The molecular weight excluding hydrogens is 181 g/mol. The van der Waals surface area contributed by atoms with Crippen molar-refractivity contribution >= 4 is 0 Å². The summed E-state index contributed by atoms with van der Waals surface area (Å²) in [7, 11) is 1.59. The summed E-state index contributed by atoms with van der Waals surface area (Å²) in [4.78, 5) is 0. The molecule has 0 spiro atoms. The molecular formula is C11H16FNO. The second-order valence-electron chi connectivity index (χ2n) is 3.47. The third kappa shape index (κ3) is 3.00. The van der Waals surface area contributed by atoms with Crippen molar-refractivity contribution in [1.82, 2.24) is 0 Å². The fraction of sp³-hybridized carbons (Fsp3) is 0.455. The second-order valence-corrected chi connectivity index (χ2v) is 3.47. The highest BCUT2D eigenvalue weighted by Crippen LogP contribution is 2.20. The summed E-state index contributed by atoms with van der Waals surface area (Å²) in [6.07, 6.45) is 1.58. The van der Waals surface area contributed by atoms with E-state index in [1.165, 1.54) is 12.1 Å². The van der Waals surface area contributed by atoms with Gasteiger partial charge in [0.2, 0.25) is 0 Å². The minimum absolute atomic E-state index is 0.128. The van der Waals surface area contributed by atoms with Crippen molar-refractivity contribution in [2.24, 2.45) is 5.73 Å². The molecule has 78 valence electrons. The van der Waals surface area contributed by atoms with E-state index in [-0.39, 0.29) is 11.9 Å². The van der Waals surface area contributed by atoms with E-state index in [4.69, 9.17) is 10.5 Å². The molecule has 0 amide bonds. The van der Waals surface area contributed by atoms with E-state index in [0.717, 1.165) is 24.2 Å². The average molecular weight is 197 g/mol. The smallest absolute Gasteiger partial charge is 0.123 e. The first-order valence-electron chi connectivity index (χ1n) is 4.71. The van der Waals surface area contributed by atoms with E-state index in [2.05, 4.69) is 0 Å². The van der Waals surface area contributed by atoms with E-state index in [1.54, 1.807) is 13.2 Å². The minimum atomic E-state index is -0.231. The van der Waals surface area contributed by atoms with Gasteiger partial charge in [-0.05, 0) is 43.5 Å². The Morgan fingerprint density at radius 3 is 2.79 bits per heavy atom. The Bertz CT molecular complexity index is 299. The summed E-state index contributed by atoms with van der Waals surface area (Å²) in [5, 5.41) is 0. The number of ether oxygens (including phenoxy) is 1. The Hall–Kier alpha value is -1.09. The van der Waals surface area contributed by atoms with Crippen LogP contribution in [-0.2, 0) is 6.42 Å². The number of benzene rings is 1. The van der Waals surface area contributed by atoms with Crippen LogP contribution in [0.25, 0.3) is 0 Å². The number of rotatable bonds is 4. The highest BCUT2D eigenvalue weighted by atomic mass is 19.1. The SMILES string of the molecule is COc1ccc(F)cc1CCC(C)N. The molecule has 1 aromatic carbocycles. The number of methoxy groups -OCH3 is 1. The molecule has 0 aliphatic carbocycles. The number of hydrogen-bond donors (Lipinski definition) is 1. The van der Waals surface area contributed by atoms with Crippen LogP contribution in [0.2, 0.25) is 0 Å². The first-order valence-corrected chi connectivity index (χ1v) is 4.71. The van der Waals surface area contributed by atoms with Crippen LogP contribution < -0.4 is 10.5 Å². The maximum atomic E-state index is 12.9. The second kappa shape index (κ2) is 4.96. The molecule has 0 aliphatic heterocycles. The highest BCUT2D eigenvalue weighted by Gasteiger charge is 2.05. The standard InChI is InChI=1S/C11H16FNO/c1-8(13)3-4-9-7-10(12)5-6-11(9)14-2/h5-8H,3-4,13H2,1-2H3. The molecule has 0 bridgehead atoms. The monoisotopic (exact) mass is 197 g/mol. The molecule has 1 aromatic rings. The fourth-order valence-electron chi connectivity index (χ4n) is 1.33. The van der Waals surface area contributed by atoms with Gasteiger partial charge in [-0.25, -0.2) is 4.39 Å². The molecule has 0 fully saturated rings. The summed E-state index contributed by atoms with van der Waals surface area (Å²) >= 11 is 0. The molecule has 3 heteroatoms. The molecule has 2 nitrogen and oxygen atoms in total. The minimum Gasteiger partial charge on any atom is -0.496 e. The Morgan fingerprint density at radius 2 is 2.21 bits per heavy atom. The number of halogens is 1. The van der Waals surface area contributed by atoms with Crippen molar-refractivity contribution in [3.05, 3.63) is 29.6 Å². The molecule has 1 rings (SSSR count).